The first kappa shape index (κ1) is 14.1. The van der Waals surface area contributed by atoms with Crippen molar-refractivity contribution in [3.8, 4) is 0 Å². The minimum absolute atomic E-state index is 0.220. The number of anilines is 1. The monoisotopic (exact) mass is 296 g/mol. The summed E-state index contributed by atoms with van der Waals surface area (Å²) in [4.78, 5) is 12.0. The lowest BCUT2D eigenvalue weighted by molar-refractivity contribution is -0.0950. The van der Waals surface area contributed by atoms with Gasteiger partial charge in [-0.25, -0.2) is 15.0 Å². The Morgan fingerprint density at radius 1 is 1.38 bits per heavy atom. The van der Waals surface area contributed by atoms with Gasteiger partial charge in [0.25, 0.3) is 0 Å². The molecule has 1 aliphatic heterocycles. The highest BCUT2D eigenvalue weighted by atomic mass is 16.5. The first-order chi connectivity index (χ1) is 10.0. The molecule has 0 aromatic carbocycles. The van der Waals surface area contributed by atoms with E-state index >= 15 is 0 Å². The van der Waals surface area contributed by atoms with Crippen molar-refractivity contribution in [2.75, 3.05) is 12.3 Å². The molecule has 2 aromatic heterocycles. The number of imidazole rings is 1. The van der Waals surface area contributed by atoms with Crippen molar-refractivity contribution in [1.82, 2.24) is 19.5 Å². The number of nitrogen functional groups attached to an aromatic ring is 1. The second kappa shape index (κ2) is 5.16. The fourth-order valence-corrected chi connectivity index (χ4v) is 2.45. The molecule has 3 heterocycles. The highest BCUT2D eigenvalue weighted by Gasteiger charge is 2.46. The molecule has 21 heavy (non-hydrogen) atoms. The fourth-order valence-electron chi connectivity index (χ4n) is 2.45. The molecule has 3 rings (SSSR count). The molecule has 7 N–H and O–H groups in total. The van der Waals surface area contributed by atoms with Crippen molar-refractivity contribution in [2.24, 2.45) is 5.73 Å². The molecule has 0 radical (unpaired) electrons. The molecule has 1 saturated heterocycles. The summed E-state index contributed by atoms with van der Waals surface area (Å²) in [5, 5.41) is 28.7. The van der Waals surface area contributed by atoms with Gasteiger partial charge in [0.15, 0.2) is 17.7 Å². The van der Waals surface area contributed by atoms with Crippen LogP contribution in [0.5, 0.6) is 0 Å². The standard InChI is InChI=1S/C11H16N6O4/c12-5-7(20)8(4(19)1-18)21-11(5)17-3-16-6-9(13)14-2-15-10(6)17/h2-5,7-8,11,18-20H,1,12H2,(H2,13,14,15). The second-order valence-electron chi connectivity index (χ2n) is 4.89. The Morgan fingerprint density at radius 3 is 2.86 bits per heavy atom. The van der Waals surface area contributed by atoms with Crippen LogP contribution in [-0.4, -0.2) is 65.8 Å². The zero-order valence-corrected chi connectivity index (χ0v) is 10.9. The Morgan fingerprint density at radius 2 is 2.14 bits per heavy atom. The Hall–Kier alpha value is -1.85. The number of ether oxygens (including phenoxy) is 1. The van der Waals surface area contributed by atoms with Gasteiger partial charge >= 0.3 is 0 Å². The number of aliphatic hydroxyl groups is 3. The van der Waals surface area contributed by atoms with E-state index in [2.05, 4.69) is 15.0 Å². The van der Waals surface area contributed by atoms with Crippen LogP contribution in [0.1, 0.15) is 6.23 Å². The third kappa shape index (κ3) is 2.13. The number of rotatable bonds is 3. The topological polar surface area (TPSA) is 166 Å². The summed E-state index contributed by atoms with van der Waals surface area (Å²) in [5.74, 6) is 0.220. The molecule has 0 amide bonds. The van der Waals surface area contributed by atoms with Crippen molar-refractivity contribution < 1.29 is 20.1 Å². The molecule has 0 aliphatic carbocycles. The lowest BCUT2D eigenvalue weighted by atomic mass is 10.0. The SMILES string of the molecule is Nc1ncnc2c1ncn2C1OC(C(O)CO)C(O)C1N. The minimum Gasteiger partial charge on any atom is -0.394 e. The molecule has 10 heteroatoms. The third-order valence-corrected chi connectivity index (χ3v) is 3.58. The predicted octanol–water partition coefficient (Wildman–Crippen LogP) is -2.65. The van der Waals surface area contributed by atoms with Crippen LogP contribution in [0.25, 0.3) is 11.2 Å². The van der Waals surface area contributed by atoms with Crippen LogP contribution in [-0.2, 0) is 4.74 Å². The van der Waals surface area contributed by atoms with E-state index in [0.717, 1.165) is 0 Å². The lowest BCUT2D eigenvalue weighted by Crippen LogP contribution is -2.43. The van der Waals surface area contributed by atoms with Crippen LogP contribution in [0.3, 0.4) is 0 Å². The summed E-state index contributed by atoms with van der Waals surface area (Å²) in [6.07, 6.45) is -1.43. The molecule has 0 saturated carbocycles. The first-order valence-electron chi connectivity index (χ1n) is 6.35. The molecule has 0 spiro atoms. The molecule has 10 nitrogen and oxygen atoms in total. The van der Waals surface area contributed by atoms with E-state index < -0.39 is 37.2 Å². The first-order valence-corrected chi connectivity index (χ1v) is 6.35. The highest BCUT2D eigenvalue weighted by molar-refractivity contribution is 5.81. The van der Waals surface area contributed by atoms with Crippen molar-refractivity contribution in [3.05, 3.63) is 12.7 Å². The zero-order chi connectivity index (χ0) is 15.1. The van der Waals surface area contributed by atoms with Crippen LogP contribution in [0.4, 0.5) is 5.82 Å². The molecule has 0 bridgehead atoms. The molecular formula is C11H16N6O4. The van der Waals surface area contributed by atoms with Crippen LogP contribution < -0.4 is 11.5 Å². The Labute approximate surface area is 119 Å². The number of hydrogen-bond donors (Lipinski definition) is 5. The summed E-state index contributed by atoms with van der Waals surface area (Å²) in [6.45, 7) is -0.541. The maximum Gasteiger partial charge on any atom is 0.167 e. The normalized spacial score (nSPS) is 30.9. The Kier molecular flexibility index (Phi) is 3.47. The Balaban J connectivity index is 1.98. The van der Waals surface area contributed by atoms with Gasteiger partial charge in [0, 0.05) is 0 Å². The number of fused-ring (bicyclic) bond motifs is 1. The smallest absolute Gasteiger partial charge is 0.167 e. The van der Waals surface area contributed by atoms with E-state index in [1.807, 2.05) is 0 Å². The molecule has 2 aromatic rings. The van der Waals surface area contributed by atoms with Gasteiger partial charge in [-0.05, 0) is 0 Å². The number of aromatic nitrogens is 4. The summed E-state index contributed by atoms with van der Waals surface area (Å²) in [6, 6.07) is -0.815. The summed E-state index contributed by atoms with van der Waals surface area (Å²) >= 11 is 0. The zero-order valence-electron chi connectivity index (χ0n) is 10.9. The van der Waals surface area contributed by atoms with Crippen LogP contribution >= 0.6 is 0 Å². The maximum absolute atomic E-state index is 10.0. The van der Waals surface area contributed by atoms with Gasteiger partial charge in [0.05, 0.1) is 19.0 Å². The molecular weight excluding hydrogens is 280 g/mol. The largest absolute Gasteiger partial charge is 0.394 e. The lowest BCUT2D eigenvalue weighted by Gasteiger charge is -2.19. The van der Waals surface area contributed by atoms with Gasteiger partial charge < -0.3 is 31.5 Å². The van der Waals surface area contributed by atoms with Crippen molar-refractivity contribution in [2.45, 2.75) is 30.6 Å². The van der Waals surface area contributed by atoms with Gasteiger partial charge in [0.2, 0.25) is 0 Å². The quantitative estimate of drug-likeness (QED) is 0.406. The number of hydrogen-bond acceptors (Lipinski definition) is 9. The van der Waals surface area contributed by atoms with Crippen LogP contribution in [0.2, 0.25) is 0 Å². The molecule has 1 aliphatic rings. The fraction of sp³-hybridized carbons (Fsp3) is 0.545. The highest BCUT2D eigenvalue weighted by Crippen LogP contribution is 2.32. The van der Waals surface area contributed by atoms with Gasteiger partial charge in [-0.3, -0.25) is 4.57 Å². The van der Waals surface area contributed by atoms with E-state index in [0.29, 0.717) is 11.2 Å². The maximum atomic E-state index is 10.0. The van der Waals surface area contributed by atoms with Crippen LogP contribution in [0.15, 0.2) is 12.7 Å². The van der Waals surface area contributed by atoms with E-state index in [1.165, 1.54) is 17.2 Å². The minimum atomic E-state index is -1.23. The van der Waals surface area contributed by atoms with Gasteiger partial charge in [-0.1, -0.05) is 0 Å². The summed E-state index contributed by atoms with van der Waals surface area (Å²) in [7, 11) is 0. The number of aliphatic hydroxyl groups excluding tert-OH is 3. The summed E-state index contributed by atoms with van der Waals surface area (Å²) in [5.41, 5.74) is 12.4. The van der Waals surface area contributed by atoms with Gasteiger partial charge in [-0.2, -0.15) is 0 Å². The molecule has 5 unspecified atom stereocenters. The van der Waals surface area contributed by atoms with E-state index in [-0.39, 0.29) is 5.82 Å². The molecule has 5 atom stereocenters. The third-order valence-electron chi connectivity index (χ3n) is 3.58. The van der Waals surface area contributed by atoms with E-state index in [1.54, 1.807) is 0 Å². The average molecular weight is 296 g/mol. The molecule has 114 valence electrons. The van der Waals surface area contributed by atoms with Gasteiger partial charge in [0.1, 0.15) is 30.2 Å². The van der Waals surface area contributed by atoms with Crippen LogP contribution in [0, 0.1) is 0 Å². The average Bonchev–Trinajstić information content (AvgIpc) is 3.02. The summed E-state index contributed by atoms with van der Waals surface area (Å²) < 4.78 is 7.09. The number of nitrogens with two attached hydrogens (primary N) is 2. The number of nitrogens with zero attached hydrogens (tertiary/aromatic N) is 4. The molecule has 1 fully saturated rings. The predicted molar refractivity (Wildman–Crippen MR) is 70.7 cm³/mol. The van der Waals surface area contributed by atoms with Crippen molar-refractivity contribution >= 4 is 17.0 Å². The van der Waals surface area contributed by atoms with Crippen molar-refractivity contribution in [1.29, 1.82) is 0 Å². The van der Waals surface area contributed by atoms with Gasteiger partial charge in [-0.15, -0.1) is 0 Å². The second-order valence-corrected chi connectivity index (χ2v) is 4.89. The van der Waals surface area contributed by atoms with Crippen molar-refractivity contribution in [3.63, 3.8) is 0 Å². The van der Waals surface area contributed by atoms with E-state index in [4.69, 9.17) is 21.3 Å². The van der Waals surface area contributed by atoms with E-state index in [9.17, 15) is 10.2 Å². The Bertz CT molecular complexity index is 649.